The molecule has 34 heavy (non-hydrogen) atoms. The highest BCUT2D eigenvalue weighted by Gasteiger charge is 2.58. The second-order valence-electron chi connectivity index (χ2n) is 8.94. The second kappa shape index (κ2) is 8.95. The van der Waals surface area contributed by atoms with E-state index in [0.717, 1.165) is 34.5 Å². The standard InChI is InChI=1S/C28H29N3O3/c1-18(2)31-26-16-28(26,19-10-12-21(13-11-19)34-20-8-6-5-7-9-20)27-22-14-24(32-3)25(33-4)15-23(22)29-17-30-27/h5-15,17-18,26,31H,16H2,1-4H3. The average molecular weight is 456 g/mol. The van der Waals surface area contributed by atoms with E-state index < -0.39 is 0 Å². The van der Waals surface area contributed by atoms with Gasteiger partial charge in [-0.2, -0.15) is 0 Å². The fraction of sp³-hybridized carbons (Fsp3) is 0.286. The van der Waals surface area contributed by atoms with E-state index in [0.29, 0.717) is 17.5 Å². The molecule has 5 rings (SSSR count). The van der Waals surface area contributed by atoms with Crippen LogP contribution in [0.25, 0.3) is 10.9 Å². The van der Waals surface area contributed by atoms with E-state index in [-0.39, 0.29) is 11.5 Å². The molecule has 0 radical (unpaired) electrons. The largest absolute Gasteiger partial charge is 0.493 e. The maximum Gasteiger partial charge on any atom is 0.162 e. The van der Waals surface area contributed by atoms with Crippen molar-refractivity contribution in [1.29, 1.82) is 0 Å². The molecule has 0 spiro atoms. The summed E-state index contributed by atoms with van der Waals surface area (Å²) in [6.45, 7) is 4.34. The summed E-state index contributed by atoms with van der Waals surface area (Å²) < 4.78 is 17.1. The van der Waals surface area contributed by atoms with E-state index in [4.69, 9.17) is 19.2 Å². The van der Waals surface area contributed by atoms with Crippen molar-refractivity contribution in [3.63, 3.8) is 0 Å². The molecule has 1 aliphatic rings. The van der Waals surface area contributed by atoms with Gasteiger partial charge in [0, 0.05) is 23.5 Å². The van der Waals surface area contributed by atoms with Gasteiger partial charge in [0.25, 0.3) is 0 Å². The van der Waals surface area contributed by atoms with Gasteiger partial charge in [0.05, 0.1) is 30.8 Å². The first-order valence-corrected chi connectivity index (χ1v) is 11.5. The maximum atomic E-state index is 6.02. The molecule has 2 unspecified atom stereocenters. The maximum absolute atomic E-state index is 6.02. The van der Waals surface area contributed by atoms with Gasteiger partial charge in [-0.15, -0.1) is 0 Å². The third-order valence-corrected chi connectivity index (χ3v) is 6.41. The molecule has 0 bridgehead atoms. The number of methoxy groups -OCH3 is 2. The normalized spacial score (nSPS) is 19.3. The van der Waals surface area contributed by atoms with Gasteiger partial charge in [0.1, 0.15) is 17.8 Å². The molecular weight excluding hydrogens is 426 g/mol. The van der Waals surface area contributed by atoms with E-state index in [9.17, 15) is 0 Å². The zero-order valence-electron chi connectivity index (χ0n) is 19.9. The Morgan fingerprint density at radius 2 is 1.56 bits per heavy atom. The summed E-state index contributed by atoms with van der Waals surface area (Å²) in [6.07, 6.45) is 2.59. The minimum absolute atomic E-state index is 0.264. The van der Waals surface area contributed by atoms with Crippen LogP contribution in [0.3, 0.4) is 0 Å². The molecule has 1 N–H and O–H groups in total. The Balaban J connectivity index is 1.58. The summed E-state index contributed by atoms with van der Waals surface area (Å²) in [4.78, 5) is 9.34. The first kappa shape index (κ1) is 22.2. The van der Waals surface area contributed by atoms with Crippen LogP contribution < -0.4 is 19.5 Å². The van der Waals surface area contributed by atoms with Crippen molar-refractivity contribution in [2.75, 3.05) is 14.2 Å². The number of aromatic nitrogens is 2. The molecular formula is C28H29N3O3. The summed E-state index contributed by atoms with van der Waals surface area (Å²) in [5, 5.41) is 4.70. The Labute approximate surface area is 199 Å². The van der Waals surface area contributed by atoms with Crippen molar-refractivity contribution in [2.45, 2.75) is 37.8 Å². The van der Waals surface area contributed by atoms with Gasteiger partial charge >= 0.3 is 0 Å². The summed E-state index contributed by atoms with van der Waals surface area (Å²) in [6, 6.07) is 22.7. The number of nitrogens with zero attached hydrogens (tertiary/aromatic N) is 2. The lowest BCUT2D eigenvalue weighted by Gasteiger charge is -2.22. The van der Waals surface area contributed by atoms with Crippen molar-refractivity contribution in [2.24, 2.45) is 0 Å². The van der Waals surface area contributed by atoms with Crippen molar-refractivity contribution < 1.29 is 14.2 Å². The van der Waals surface area contributed by atoms with Crippen LogP contribution in [-0.4, -0.2) is 36.3 Å². The third kappa shape index (κ3) is 3.94. The molecule has 4 aromatic rings. The molecule has 2 atom stereocenters. The number of hydrogen-bond acceptors (Lipinski definition) is 6. The van der Waals surface area contributed by atoms with Gasteiger partial charge < -0.3 is 19.5 Å². The zero-order valence-corrected chi connectivity index (χ0v) is 19.9. The first-order chi connectivity index (χ1) is 16.5. The van der Waals surface area contributed by atoms with Crippen LogP contribution in [0.1, 0.15) is 31.5 Å². The van der Waals surface area contributed by atoms with Gasteiger partial charge in [0.2, 0.25) is 0 Å². The zero-order chi connectivity index (χ0) is 23.7. The lowest BCUT2D eigenvalue weighted by Crippen LogP contribution is -2.32. The fourth-order valence-electron chi connectivity index (χ4n) is 4.77. The van der Waals surface area contributed by atoms with Crippen LogP contribution in [0.4, 0.5) is 0 Å². The highest BCUT2D eigenvalue weighted by Crippen LogP contribution is 2.55. The van der Waals surface area contributed by atoms with E-state index in [2.05, 4.69) is 36.3 Å². The van der Waals surface area contributed by atoms with Gasteiger partial charge in [-0.1, -0.05) is 44.2 Å². The molecule has 1 aromatic heterocycles. The number of rotatable bonds is 8. The van der Waals surface area contributed by atoms with Gasteiger partial charge in [0.15, 0.2) is 11.5 Å². The first-order valence-electron chi connectivity index (χ1n) is 11.5. The topological polar surface area (TPSA) is 65.5 Å². The van der Waals surface area contributed by atoms with Crippen LogP contribution in [0.5, 0.6) is 23.0 Å². The highest BCUT2D eigenvalue weighted by atomic mass is 16.5. The van der Waals surface area contributed by atoms with Crippen LogP contribution in [0, 0.1) is 0 Å². The summed E-state index contributed by atoms with van der Waals surface area (Å²) in [5.41, 5.74) is 2.76. The summed E-state index contributed by atoms with van der Waals surface area (Å²) in [7, 11) is 3.28. The van der Waals surface area contributed by atoms with Crippen molar-refractivity contribution in [1.82, 2.24) is 15.3 Å². The van der Waals surface area contributed by atoms with Gasteiger partial charge in [-0.25, -0.2) is 9.97 Å². The number of nitrogens with one attached hydrogen (secondary N) is 1. The minimum Gasteiger partial charge on any atom is -0.493 e. The predicted octanol–water partition coefficient (Wildman–Crippen LogP) is 5.50. The summed E-state index contributed by atoms with van der Waals surface area (Å²) >= 11 is 0. The number of ether oxygens (including phenoxy) is 3. The number of para-hydroxylation sites is 1. The van der Waals surface area contributed by atoms with Crippen molar-refractivity contribution >= 4 is 10.9 Å². The highest BCUT2D eigenvalue weighted by molar-refractivity contribution is 5.87. The lowest BCUT2D eigenvalue weighted by atomic mass is 9.88. The van der Waals surface area contributed by atoms with E-state index >= 15 is 0 Å². The Hall–Kier alpha value is -3.64. The molecule has 0 amide bonds. The van der Waals surface area contributed by atoms with Gasteiger partial charge in [-0.3, -0.25) is 0 Å². The molecule has 3 aromatic carbocycles. The Morgan fingerprint density at radius 1 is 0.882 bits per heavy atom. The molecule has 1 aliphatic carbocycles. The number of benzene rings is 3. The fourth-order valence-corrected chi connectivity index (χ4v) is 4.77. The lowest BCUT2D eigenvalue weighted by molar-refractivity contribution is 0.355. The number of fused-ring (bicyclic) bond motifs is 1. The molecule has 6 nitrogen and oxygen atoms in total. The Kier molecular flexibility index (Phi) is 5.84. The van der Waals surface area contributed by atoms with E-state index in [1.165, 1.54) is 5.56 Å². The monoisotopic (exact) mass is 455 g/mol. The average Bonchev–Trinajstić information content (AvgIpc) is 3.57. The SMILES string of the molecule is COc1cc2ncnc(C3(c4ccc(Oc5ccccc5)cc4)CC3NC(C)C)c2cc1OC. The van der Waals surface area contributed by atoms with E-state index in [1.54, 1.807) is 20.5 Å². The minimum atomic E-state index is -0.268. The quantitative estimate of drug-likeness (QED) is 0.379. The number of hydrogen-bond donors (Lipinski definition) is 1. The second-order valence-corrected chi connectivity index (χ2v) is 8.94. The molecule has 1 fully saturated rings. The smallest absolute Gasteiger partial charge is 0.162 e. The molecule has 6 heteroatoms. The molecule has 1 heterocycles. The molecule has 174 valence electrons. The van der Waals surface area contributed by atoms with Gasteiger partial charge in [-0.05, 0) is 42.3 Å². The van der Waals surface area contributed by atoms with Crippen molar-refractivity contribution in [3.05, 3.63) is 84.3 Å². The Bertz CT molecular complexity index is 1290. The van der Waals surface area contributed by atoms with Crippen LogP contribution in [-0.2, 0) is 5.41 Å². The van der Waals surface area contributed by atoms with Crippen LogP contribution in [0.15, 0.2) is 73.1 Å². The summed E-state index contributed by atoms with van der Waals surface area (Å²) in [5.74, 6) is 2.95. The molecule has 1 saturated carbocycles. The van der Waals surface area contributed by atoms with E-state index in [1.807, 2.05) is 54.6 Å². The van der Waals surface area contributed by atoms with Crippen LogP contribution >= 0.6 is 0 Å². The Morgan fingerprint density at radius 3 is 2.24 bits per heavy atom. The van der Waals surface area contributed by atoms with Crippen molar-refractivity contribution in [3.8, 4) is 23.0 Å². The third-order valence-electron chi connectivity index (χ3n) is 6.41. The molecule has 0 saturated heterocycles. The molecule has 0 aliphatic heterocycles. The predicted molar refractivity (Wildman–Crippen MR) is 133 cm³/mol. The van der Waals surface area contributed by atoms with Crippen LogP contribution in [0.2, 0.25) is 0 Å².